The first-order valence-electron chi connectivity index (χ1n) is 12.2. The Labute approximate surface area is 211 Å². The fraction of sp³-hybridized carbons (Fsp3) is 0.444. The molecule has 2 aliphatic rings. The molecule has 192 valence electrons. The molecular formula is C27H33FN4O4. The van der Waals surface area contributed by atoms with Crippen molar-refractivity contribution in [2.45, 2.75) is 31.5 Å². The lowest BCUT2D eigenvalue weighted by Gasteiger charge is -2.44. The van der Waals surface area contributed by atoms with Crippen LogP contribution in [0.2, 0.25) is 0 Å². The lowest BCUT2D eigenvalue weighted by molar-refractivity contribution is -0.128. The molecule has 2 aromatic rings. The molecule has 1 unspecified atom stereocenters. The highest BCUT2D eigenvalue weighted by Gasteiger charge is 2.54. The number of hydrogen-bond acceptors (Lipinski definition) is 5. The molecule has 3 amide bonds. The van der Waals surface area contributed by atoms with Crippen LogP contribution in [-0.2, 0) is 9.53 Å². The van der Waals surface area contributed by atoms with E-state index in [2.05, 4.69) is 5.32 Å². The van der Waals surface area contributed by atoms with Crippen LogP contribution in [0.5, 0.6) is 0 Å². The van der Waals surface area contributed by atoms with E-state index in [1.165, 1.54) is 18.2 Å². The van der Waals surface area contributed by atoms with Gasteiger partial charge in [-0.25, -0.2) is 4.39 Å². The van der Waals surface area contributed by atoms with Crippen LogP contribution < -0.4 is 5.32 Å². The number of likely N-dealkylation sites (tertiary alicyclic amines) is 1. The summed E-state index contributed by atoms with van der Waals surface area (Å²) in [7, 11) is 3.85. The van der Waals surface area contributed by atoms with Gasteiger partial charge >= 0.3 is 0 Å². The van der Waals surface area contributed by atoms with E-state index in [0.29, 0.717) is 44.6 Å². The molecular weight excluding hydrogens is 463 g/mol. The minimum absolute atomic E-state index is 0.0866. The molecule has 2 heterocycles. The monoisotopic (exact) mass is 496 g/mol. The van der Waals surface area contributed by atoms with Gasteiger partial charge in [0.15, 0.2) is 0 Å². The van der Waals surface area contributed by atoms with Gasteiger partial charge in [-0.15, -0.1) is 0 Å². The third-order valence-electron chi connectivity index (χ3n) is 6.92. The molecule has 0 bridgehead atoms. The molecule has 4 rings (SSSR count). The van der Waals surface area contributed by atoms with Crippen LogP contribution in [0.3, 0.4) is 0 Å². The quantitative estimate of drug-likeness (QED) is 0.664. The maximum absolute atomic E-state index is 13.8. The van der Waals surface area contributed by atoms with E-state index in [9.17, 15) is 18.8 Å². The third kappa shape index (κ3) is 5.27. The summed E-state index contributed by atoms with van der Waals surface area (Å²) in [6, 6.07) is 12.1. The predicted octanol–water partition coefficient (Wildman–Crippen LogP) is 2.29. The van der Waals surface area contributed by atoms with Crippen molar-refractivity contribution in [1.29, 1.82) is 0 Å². The van der Waals surface area contributed by atoms with Crippen LogP contribution >= 0.6 is 0 Å². The van der Waals surface area contributed by atoms with E-state index in [4.69, 9.17) is 4.74 Å². The van der Waals surface area contributed by atoms with Crippen LogP contribution in [-0.4, -0.2) is 91.1 Å². The van der Waals surface area contributed by atoms with Crippen LogP contribution in [0, 0.1) is 12.7 Å². The molecule has 1 N–H and O–H groups in total. The summed E-state index contributed by atoms with van der Waals surface area (Å²) < 4.78 is 19.9. The molecule has 2 saturated heterocycles. The summed E-state index contributed by atoms with van der Waals surface area (Å²) in [6.07, 6.45) is 0.709. The van der Waals surface area contributed by atoms with Gasteiger partial charge in [-0.1, -0.05) is 24.3 Å². The Kier molecular flexibility index (Phi) is 7.70. The highest BCUT2D eigenvalue weighted by molar-refractivity contribution is 5.99. The van der Waals surface area contributed by atoms with Gasteiger partial charge in [0.25, 0.3) is 11.8 Å². The van der Waals surface area contributed by atoms with E-state index in [-0.39, 0.29) is 29.9 Å². The van der Waals surface area contributed by atoms with Crippen molar-refractivity contribution in [1.82, 2.24) is 20.0 Å². The SMILES string of the molecule is Cc1ccccc1C(=O)N1C(C(=O)NCCN(C)C)COC12CCN(C(=O)c1cccc(F)c1)CC2. The number of rotatable bonds is 6. The van der Waals surface area contributed by atoms with Gasteiger partial charge in [-0.2, -0.15) is 0 Å². The fourth-order valence-corrected chi connectivity index (χ4v) is 4.89. The largest absolute Gasteiger partial charge is 0.353 e. The van der Waals surface area contributed by atoms with E-state index in [1.807, 2.05) is 38.1 Å². The first kappa shape index (κ1) is 25.8. The van der Waals surface area contributed by atoms with Gasteiger partial charge in [0.05, 0.1) is 6.61 Å². The number of hydrogen-bond donors (Lipinski definition) is 1. The maximum Gasteiger partial charge on any atom is 0.257 e. The third-order valence-corrected chi connectivity index (χ3v) is 6.92. The van der Waals surface area contributed by atoms with Gasteiger partial charge in [0, 0.05) is 50.1 Å². The minimum atomic E-state index is -0.998. The second-order valence-corrected chi connectivity index (χ2v) is 9.66. The van der Waals surface area contributed by atoms with Crippen molar-refractivity contribution in [2.75, 3.05) is 46.9 Å². The molecule has 0 saturated carbocycles. The summed E-state index contributed by atoms with van der Waals surface area (Å²) in [4.78, 5) is 45.2. The van der Waals surface area contributed by atoms with Crippen LogP contribution in [0.4, 0.5) is 4.39 Å². The summed E-state index contributed by atoms with van der Waals surface area (Å²) >= 11 is 0. The van der Waals surface area contributed by atoms with Gasteiger partial charge < -0.3 is 19.9 Å². The summed E-state index contributed by atoms with van der Waals surface area (Å²) in [5, 5.41) is 2.93. The number of benzene rings is 2. The summed E-state index contributed by atoms with van der Waals surface area (Å²) in [6.45, 7) is 3.72. The van der Waals surface area contributed by atoms with Gasteiger partial charge in [-0.3, -0.25) is 19.3 Å². The van der Waals surface area contributed by atoms with Gasteiger partial charge in [-0.05, 0) is 50.8 Å². The molecule has 2 aromatic carbocycles. The zero-order valence-electron chi connectivity index (χ0n) is 21.0. The predicted molar refractivity (Wildman–Crippen MR) is 133 cm³/mol. The highest BCUT2D eigenvalue weighted by Crippen LogP contribution is 2.39. The molecule has 0 radical (unpaired) electrons. The minimum Gasteiger partial charge on any atom is -0.353 e. The molecule has 1 spiro atoms. The van der Waals surface area contributed by atoms with Crippen molar-refractivity contribution in [3.63, 3.8) is 0 Å². The average Bonchev–Trinajstić information content (AvgIpc) is 3.22. The zero-order valence-corrected chi connectivity index (χ0v) is 21.0. The zero-order chi connectivity index (χ0) is 25.9. The molecule has 8 nitrogen and oxygen atoms in total. The molecule has 36 heavy (non-hydrogen) atoms. The van der Waals surface area contributed by atoms with E-state index >= 15 is 0 Å². The van der Waals surface area contributed by atoms with Crippen molar-refractivity contribution < 1.29 is 23.5 Å². The first-order valence-corrected chi connectivity index (χ1v) is 12.2. The van der Waals surface area contributed by atoms with Crippen LogP contribution in [0.15, 0.2) is 48.5 Å². The van der Waals surface area contributed by atoms with E-state index < -0.39 is 17.6 Å². The Bertz CT molecular complexity index is 1130. The van der Waals surface area contributed by atoms with Gasteiger partial charge in [0.2, 0.25) is 5.91 Å². The number of piperidine rings is 1. The summed E-state index contributed by atoms with van der Waals surface area (Å²) in [5.74, 6) is -1.25. The van der Waals surface area contributed by atoms with E-state index in [1.54, 1.807) is 28.0 Å². The Morgan fingerprint density at radius 3 is 2.47 bits per heavy atom. The Morgan fingerprint density at radius 2 is 1.81 bits per heavy atom. The average molecular weight is 497 g/mol. The Balaban J connectivity index is 1.56. The lowest BCUT2D eigenvalue weighted by atomic mass is 9.95. The summed E-state index contributed by atoms with van der Waals surface area (Å²) in [5.41, 5.74) is 0.618. The van der Waals surface area contributed by atoms with Crippen LogP contribution in [0.1, 0.15) is 39.1 Å². The number of amides is 3. The molecule has 2 aliphatic heterocycles. The van der Waals surface area contributed by atoms with Crippen LogP contribution in [0.25, 0.3) is 0 Å². The second kappa shape index (κ2) is 10.8. The molecule has 1 atom stereocenters. The van der Waals surface area contributed by atoms with E-state index in [0.717, 1.165) is 5.56 Å². The first-order chi connectivity index (χ1) is 17.2. The Hall–Kier alpha value is -3.30. The van der Waals surface area contributed by atoms with Crippen molar-refractivity contribution >= 4 is 17.7 Å². The number of likely N-dealkylation sites (N-methyl/N-ethyl adjacent to an activating group) is 1. The molecule has 9 heteroatoms. The fourth-order valence-electron chi connectivity index (χ4n) is 4.89. The molecule has 0 aromatic heterocycles. The topological polar surface area (TPSA) is 82.2 Å². The number of carbonyl (C=O) groups is 3. The number of carbonyl (C=O) groups excluding carboxylic acids is 3. The van der Waals surface area contributed by atoms with Gasteiger partial charge in [0.1, 0.15) is 17.6 Å². The number of nitrogens with zero attached hydrogens (tertiary/aromatic N) is 3. The standard InChI is InChI=1S/C27H33FN4O4/c1-19-7-4-5-10-22(19)26(35)32-23(24(33)29-13-16-30(2)3)18-36-27(32)11-14-31(15-12-27)25(34)20-8-6-9-21(28)17-20/h4-10,17,23H,11-16,18H2,1-3H3,(H,29,33). The smallest absolute Gasteiger partial charge is 0.257 e. The second-order valence-electron chi connectivity index (χ2n) is 9.66. The van der Waals surface area contributed by atoms with Crippen molar-refractivity contribution in [2.24, 2.45) is 0 Å². The number of ether oxygens (including phenoxy) is 1. The van der Waals surface area contributed by atoms with Crippen molar-refractivity contribution in [3.05, 3.63) is 71.0 Å². The lowest BCUT2D eigenvalue weighted by Crippen LogP contribution is -2.60. The number of aryl methyl sites for hydroxylation is 1. The maximum atomic E-state index is 13.8. The number of halogens is 1. The normalized spacial score (nSPS) is 19.1. The van der Waals surface area contributed by atoms with Crippen molar-refractivity contribution in [3.8, 4) is 0 Å². The number of nitrogens with one attached hydrogen (secondary N) is 1. The Morgan fingerprint density at radius 1 is 1.08 bits per heavy atom. The highest BCUT2D eigenvalue weighted by atomic mass is 19.1. The molecule has 2 fully saturated rings. The molecule has 0 aliphatic carbocycles.